The van der Waals surface area contributed by atoms with Crippen LogP contribution >= 0.6 is 11.3 Å². The van der Waals surface area contributed by atoms with E-state index in [0.717, 1.165) is 16.6 Å². The zero-order valence-electron chi connectivity index (χ0n) is 11.5. The Balaban J connectivity index is 2.03. The summed E-state index contributed by atoms with van der Waals surface area (Å²) in [6, 6.07) is 3.52. The Kier molecular flexibility index (Phi) is 3.26. The van der Waals surface area contributed by atoms with Gasteiger partial charge in [0.2, 0.25) is 0 Å². The number of carbonyl (C=O) groups excluding carboxylic acids is 1. The minimum absolute atomic E-state index is 0.263. The van der Waals surface area contributed by atoms with Crippen LogP contribution in [0.2, 0.25) is 0 Å². The van der Waals surface area contributed by atoms with Crippen molar-refractivity contribution in [2.75, 3.05) is 11.1 Å². The first-order valence-electron chi connectivity index (χ1n) is 6.31. The van der Waals surface area contributed by atoms with E-state index in [1.165, 1.54) is 11.3 Å². The molecular weight excluding hydrogens is 286 g/mol. The van der Waals surface area contributed by atoms with Gasteiger partial charge in [-0.1, -0.05) is 0 Å². The summed E-state index contributed by atoms with van der Waals surface area (Å²) in [6.07, 6.45) is 3.22. The number of amides is 1. The Bertz CT molecular complexity index is 828. The van der Waals surface area contributed by atoms with Gasteiger partial charge in [0.15, 0.2) is 0 Å². The van der Waals surface area contributed by atoms with Crippen molar-refractivity contribution in [3.05, 3.63) is 40.7 Å². The smallest absolute Gasteiger partial charge is 0.267 e. The maximum atomic E-state index is 12.3. The predicted molar refractivity (Wildman–Crippen MR) is 83.5 cm³/mol. The molecule has 21 heavy (non-hydrogen) atoms. The molecular formula is C14H13N5OS. The molecule has 0 aromatic carbocycles. The first-order valence-corrected chi connectivity index (χ1v) is 7.13. The fraction of sp³-hybridized carbons (Fsp3) is 0.143. The molecule has 0 radical (unpaired) electrons. The Hall–Kier alpha value is -2.54. The van der Waals surface area contributed by atoms with Gasteiger partial charge in [-0.3, -0.25) is 9.78 Å². The average molecular weight is 299 g/mol. The van der Waals surface area contributed by atoms with Crippen molar-refractivity contribution in [1.82, 2.24) is 15.2 Å². The molecule has 3 aromatic rings. The molecule has 7 heteroatoms. The summed E-state index contributed by atoms with van der Waals surface area (Å²) in [5, 5.41) is 11.8. The summed E-state index contributed by atoms with van der Waals surface area (Å²) >= 11 is 1.24. The van der Waals surface area contributed by atoms with E-state index in [1.807, 2.05) is 13.8 Å². The van der Waals surface area contributed by atoms with E-state index < -0.39 is 0 Å². The van der Waals surface area contributed by atoms with E-state index in [2.05, 4.69) is 20.5 Å². The van der Waals surface area contributed by atoms with Crippen LogP contribution in [-0.4, -0.2) is 21.1 Å². The summed E-state index contributed by atoms with van der Waals surface area (Å²) in [4.78, 5) is 17.4. The summed E-state index contributed by atoms with van der Waals surface area (Å²) < 4.78 is 0. The lowest BCUT2D eigenvalue weighted by Gasteiger charge is -2.03. The molecule has 0 saturated carbocycles. The topological polar surface area (TPSA) is 93.8 Å². The lowest BCUT2D eigenvalue weighted by atomic mass is 10.1. The maximum Gasteiger partial charge on any atom is 0.267 e. The van der Waals surface area contributed by atoms with Crippen molar-refractivity contribution in [3.63, 3.8) is 0 Å². The first kappa shape index (κ1) is 13.4. The molecule has 3 rings (SSSR count). The molecule has 0 aliphatic carbocycles. The first-order chi connectivity index (χ1) is 10.1. The zero-order chi connectivity index (χ0) is 15.0. The van der Waals surface area contributed by atoms with Crippen LogP contribution in [0.1, 0.15) is 20.9 Å². The van der Waals surface area contributed by atoms with Crippen molar-refractivity contribution >= 4 is 38.8 Å². The van der Waals surface area contributed by atoms with Crippen LogP contribution in [0.5, 0.6) is 0 Å². The highest BCUT2D eigenvalue weighted by Crippen LogP contribution is 2.35. The van der Waals surface area contributed by atoms with Gasteiger partial charge in [-0.2, -0.15) is 5.10 Å². The summed E-state index contributed by atoms with van der Waals surface area (Å²) in [7, 11) is 0. The molecule has 0 atom stereocenters. The Morgan fingerprint density at radius 3 is 2.86 bits per heavy atom. The summed E-state index contributed by atoms with van der Waals surface area (Å²) in [6.45, 7) is 3.80. The third-order valence-corrected chi connectivity index (χ3v) is 4.35. The number of anilines is 2. The Morgan fingerprint density at radius 1 is 1.33 bits per heavy atom. The highest BCUT2D eigenvalue weighted by Gasteiger charge is 2.19. The molecule has 0 aliphatic heterocycles. The molecule has 0 saturated heterocycles. The molecule has 6 nitrogen and oxygen atoms in total. The third-order valence-electron chi connectivity index (χ3n) is 3.26. The van der Waals surface area contributed by atoms with Crippen LogP contribution in [0.15, 0.2) is 24.5 Å². The third kappa shape index (κ3) is 2.31. The highest BCUT2D eigenvalue weighted by molar-refractivity contribution is 7.21. The van der Waals surface area contributed by atoms with E-state index in [-0.39, 0.29) is 5.91 Å². The fourth-order valence-electron chi connectivity index (χ4n) is 2.03. The number of pyridine rings is 1. The number of aryl methyl sites for hydroxylation is 2. The van der Waals surface area contributed by atoms with Gasteiger partial charge >= 0.3 is 0 Å². The van der Waals surface area contributed by atoms with Gasteiger partial charge < -0.3 is 11.1 Å². The van der Waals surface area contributed by atoms with Gasteiger partial charge in [0.1, 0.15) is 9.71 Å². The molecule has 0 spiro atoms. The number of thiophene rings is 1. The standard InChI is InChI=1S/C14H13N5OS/c1-7-8(2)18-19-14-10(7)11(15)12(21-14)13(20)17-9-4-3-5-16-6-9/h3-6H,15H2,1-2H3,(H,17,20). The fourth-order valence-corrected chi connectivity index (χ4v) is 3.03. The van der Waals surface area contributed by atoms with Crippen LogP contribution in [0.4, 0.5) is 11.4 Å². The lowest BCUT2D eigenvalue weighted by Crippen LogP contribution is -2.12. The van der Waals surface area contributed by atoms with Crippen LogP contribution in [-0.2, 0) is 0 Å². The minimum atomic E-state index is -0.263. The number of fused-ring (bicyclic) bond motifs is 1. The zero-order valence-corrected chi connectivity index (χ0v) is 12.4. The van der Waals surface area contributed by atoms with Crippen LogP contribution in [0.3, 0.4) is 0 Å². The predicted octanol–water partition coefficient (Wildman–Crippen LogP) is 2.54. The van der Waals surface area contributed by atoms with Crippen LogP contribution in [0, 0.1) is 13.8 Å². The summed E-state index contributed by atoms with van der Waals surface area (Å²) in [5.74, 6) is -0.263. The average Bonchev–Trinajstić information content (AvgIpc) is 2.82. The summed E-state index contributed by atoms with van der Waals surface area (Å²) in [5.41, 5.74) is 8.97. The SMILES string of the molecule is Cc1nnc2sc(C(=O)Nc3cccnc3)c(N)c2c1C. The number of nitrogens with zero attached hydrogens (tertiary/aromatic N) is 3. The number of nitrogens with one attached hydrogen (secondary N) is 1. The number of carbonyl (C=O) groups is 1. The van der Waals surface area contributed by atoms with E-state index in [1.54, 1.807) is 24.5 Å². The minimum Gasteiger partial charge on any atom is -0.397 e. The molecule has 0 bridgehead atoms. The number of nitrogen functional groups attached to an aromatic ring is 1. The van der Waals surface area contributed by atoms with E-state index in [9.17, 15) is 4.79 Å². The molecule has 3 N–H and O–H groups in total. The second-order valence-corrected chi connectivity index (χ2v) is 5.63. The van der Waals surface area contributed by atoms with Crippen molar-refractivity contribution < 1.29 is 4.79 Å². The number of hydrogen-bond acceptors (Lipinski definition) is 6. The van der Waals surface area contributed by atoms with Crippen molar-refractivity contribution in [1.29, 1.82) is 0 Å². The van der Waals surface area contributed by atoms with Gasteiger partial charge in [-0.15, -0.1) is 16.4 Å². The maximum absolute atomic E-state index is 12.3. The highest BCUT2D eigenvalue weighted by atomic mass is 32.1. The molecule has 3 heterocycles. The molecule has 1 amide bonds. The van der Waals surface area contributed by atoms with Crippen molar-refractivity contribution in [3.8, 4) is 0 Å². The number of aromatic nitrogens is 3. The molecule has 106 valence electrons. The number of nitrogens with two attached hydrogens (primary N) is 1. The Morgan fingerprint density at radius 2 is 2.14 bits per heavy atom. The van der Waals surface area contributed by atoms with Gasteiger partial charge in [0, 0.05) is 11.6 Å². The van der Waals surface area contributed by atoms with E-state index in [0.29, 0.717) is 21.1 Å². The number of hydrogen-bond donors (Lipinski definition) is 2. The molecule has 0 aliphatic rings. The molecule has 3 aromatic heterocycles. The second kappa shape index (κ2) is 5.10. The van der Waals surface area contributed by atoms with Crippen LogP contribution < -0.4 is 11.1 Å². The molecule has 0 fully saturated rings. The Labute approximate surface area is 125 Å². The number of rotatable bonds is 2. The van der Waals surface area contributed by atoms with E-state index in [4.69, 9.17) is 5.73 Å². The molecule has 0 unspecified atom stereocenters. The monoisotopic (exact) mass is 299 g/mol. The lowest BCUT2D eigenvalue weighted by molar-refractivity contribution is 0.103. The normalized spacial score (nSPS) is 10.8. The van der Waals surface area contributed by atoms with Crippen molar-refractivity contribution in [2.24, 2.45) is 0 Å². The van der Waals surface area contributed by atoms with Gasteiger partial charge in [-0.05, 0) is 31.5 Å². The van der Waals surface area contributed by atoms with Crippen molar-refractivity contribution in [2.45, 2.75) is 13.8 Å². The van der Waals surface area contributed by atoms with Gasteiger partial charge in [-0.25, -0.2) is 0 Å². The largest absolute Gasteiger partial charge is 0.397 e. The van der Waals surface area contributed by atoms with Gasteiger partial charge in [0.05, 0.1) is 23.3 Å². The van der Waals surface area contributed by atoms with Crippen LogP contribution in [0.25, 0.3) is 10.2 Å². The second-order valence-electron chi connectivity index (χ2n) is 4.63. The quantitative estimate of drug-likeness (QED) is 0.758. The van der Waals surface area contributed by atoms with E-state index >= 15 is 0 Å². The van der Waals surface area contributed by atoms with Gasteiger partial charge in [0.25, 0.3) is 5.91 Å².